The van der Waals surface area contributed by atoms with Gasteiger partial charge in [-0.1, -0.05) is 122 Å². The van der Waals surface area contributed by atoms with Crippen molar-refractivity contribution in [2.75, 3.05) is 0 Å². The predicted octanol–water partition coefficient (Wildman–Crippen LogP) is 8.91. The van der Waals surface area contributed by atoms with Crippen molar-refractivity contribution in [2.45, 2.75) is 148 Å². The molecule has 0 aliphatic heterocycles. The fraction of sp³-hybridized carbons (Fsp3) is 0.958. The summed E-state index contributed by atoms with van der Waals surface area (Å²) in [6.45, 7) is 2.26. The van der Waals surface area contributed by atoms with Crippen LogP contribution in [0.1, 0.15) is 135 Å². The van der Waals surface area contributed by atoms with E-state index in [0.717, 1.165) is 19.3 Å². The summed E-state index contributed by atoms with van der Waals surface area (Å²) >= 11 is 0. The maximum Gasteiger partial charge on any atom is 0.308 e. The fourth-order valence-corrected chi connectivity index (χ4v) is 3.58. The van der Waals surface area contributed by atoms with Gasteiger partial charge in [0.15, 0.2) is 0 Å². The van der Waals surface area contributed by atoms with Crippen molar-refractivity contribution in [3.05, 3.63) is 0 Å². The number of hydrogen-bond acceptors (Lipinski definition) is 2. The molecule has 0 bridgehead atoms. The van der Waals surface area contributed by atoms with Crippen LogP contribution in [0, 0.1) is 0 Å². The predicted molar refractivity (Wildman–Crippen MR) is 115 cm³/mol. The van der Waals surface area contributed by atoms with Gasteiger partial charge >= 0.3 is 18.8 Å². The van der Waals surface area contributed by atoms with Gasteiger partial charge in [-0.3, -0.25) is 4.79 Å². The molecule has 0 fully saturated rings. The number of unbranched alkanes of at least 4 members (excludes halogenated alkanes) is 18. The molecule has 0 aromatic heterocycles. The van der Waals surface area contributed by atoms with Crippen LogP contribution in [0.25, 0.3) is 0 Å². The molecule has 0 saturated heterocycles. The molecule has 0 saturated carbocycles. The van der Waals surface area contributed by atoms with E-state index in [0.29, 0.717) is 6.42 Å². The second-order valence-electron chi connectivity index (χ2n) is 8.29. The zero-order valence-electron chi connectivity index (χ0n) is 18.7. The van der Waals surface area contributed by atoms with Gasteiger partial charge < -0.3 is 4.74 Å². The van der Waals surface area contributed by atoms with Crippen LogP contribution in [-0.4, -0.2) is 18.8 Å². The Morgan fingerprint density at radius 3 is 1.21 bits per heavy atom. The quantitative estimate of drug-likeness (QED) is 0.129. The summed E-state index contributed by atoms with van der Waals surface area (Å²) < 4.78 is 40.3. The van der Waals surface area contributed by atoms with E-state index in [9.17, 15) is 18.0 Å². The summed E-state index contributed by atoms with van der Waals surface area (Å²) in [6.07, 6.45) is 18.0. The largest absolute Gasteiger partial charge is 0.425 e. The number of alkyl halides is 3. The lowest BCUT2D eigenvalue weighted by atomic mass is 10.0. The van der Waals surface area contributed by atoms with Gasteiger partial charge in [-0.05, 0) is 6.42 Å². The highest BCUT2D eigenvalue weighted by Gasteiger charge is 2.22. The lowest BCUT2D eigenvalue weighted by molar-refractivity contribution is -0.174. The number of carbonyl (C=O) groups is 1. The van der Waals surface area contributed by atoms with E-state index in [-0.39, 0.29) is 6.42 Å². The van der Waals surface area contributed by atoms with E-state index in [1.54, 1.807) is 0 Å². The average Bonchev–Trinajstić information content (AvgIpc) is 2.69. The second-order valence-corrected chi connectivity index (χ2v) is 8.29. The highest BCUT2D eigenvalue weighted by Crippen LogP contribution is 2.15. The van der Waals surface area contributed by atoms with Crippen molar-refractivity contribution < 1.29 is 22.7 Å². The van der Waals surface area contributed by atoms with Crippen molar-refractivity contribution in [2.24, 2.45) is 0 Å². The monoisotopic (exact) mass is 422 g/mol. The van der Waals surface area contributed by atoms with Gasteiger partial charge in [0.25, 0.3) is 0 Å². The summed E-state index contributed by atoms with van der Waals surface area (Å²) in [5, 5.41) is 0. The van der Waals surface area contributed by atoms with E-state index in [1.165, 1.54) is 96.3 Å². The van der Waals surface area contributed by atoms with Crippen molar-refractivity contribution >= 4 is 5.97 Å². The van der Waals surface area contributed by atoms with Crippen molar-refractivity contribution in [3.8, 4) is 0 Å². The Bertz CT molecular complexity index is 351. The zero-order valence-corrected chi connectivity index (χ0v) is 18.7. The van der Waals surface area contributed by atoms with Gasteiger partial charge in [0, 0.05) is 6.42 Å². The number of halogens is 3. The summed E-state index contributed by atoms with van der Waals surface area (Å²) in [6, 6.07) is 0. The van der Waals surface area contributed by atoms with Crippen LogP contribution in [0.2, 0.25) is 0 Å². The van der Waals surface area contributed by atoms with E-state index in [1.807, 2.05) is 0 Å². The number of hydrogen-bond donors (Lipinski definition) is 0. The molecule has 5 heteroatoms. The molecule has 0 aromatic carbocycles. The van der Waals surface area contributed by atoms with Gasteiger partial charge in [-0.15, -0.1) is 0 Å². The van der Waals surface area contributed by atoms with Crippen LogP contribution in [0.15, 0.2) is 0 Å². The Balaban J connectivity index is 3.14. The molecule has 0 heterocycles. The maximum absolute atomic E-state index is 12.5. The van der Waals surface area contributed by atoms with Gasteiger partial charge in [0.05, 0.1) is 0 Å². The topological polar surface area (TPSA) is 26.3 Å². The molecular formula is C24H45F3O2. The third-order valence-electron chi connectivity index (χ3n) is 5.43. The minimum atomic E-state index is -3.26. The molecule has 0 radical (unpaired) electrons. The van der Waals surface area contributed by atoms with Crippen LogP contribution in [0.4, 0.5) is 13.2 Å². The Labute approximate surface area is 177 Å². The van der Waals surface area contributed by atoms with E-state index < -0.39 is 18.8 Å². The normalized spacial score (nSPS) is 12.4. The molecule has 0 amide bonds. The third kappa shape index (κ3) is 21.8. The molecule has 29 heavy (non-hydrogen) atoms. The van der Waals surface area contributed by atoms with Crippen LogP contribution in [-0.2, 0) is 9.53 Å². The van der Waals surface area contributed by atoms with Gasteiger partial charge in [-0.25, -0.2) is 8.78 Å². The molecule has 1 atom stereocenters. The number of carbonyl (C=O) groups excluding carboxylic acids is 1. The highest BCUT2D eigenvalue weighted by atomic mass is 19.3. The molecule has 2 nitrogen and oxygen atoms in total. The van der Waals surface area contributed by atoms with Crippen LogP contribution in [0.3, 0.4) is 0 Å². The van der Waals surface area contributed by atoms with Crippen molar-refractivity contribution in [3.63, 3.8) is 0 Å². The van der Waals surface area contributed by atoms with Crippen molar-refractivity contribution in [1.29, 1.82) is 0 Å². The van der Waals surface area contributed by atoms with Crippen molar-refractivity contribution in [1.82, 2.24) is 0 Å². The third-order valence-corrected chi connectivity index (χ3v) is 5.43. The minimum absolute atomic E-state index is 0.0198. The first-order valence-electron chi connectivity index (χ1n) is 12.2. The van der Waals surface area contributed by atoms with Crippen LogP contribution < -0.4 is 0 Å². The average molecular weight is 423 g/mol. The Morgan fingerprint density at radius 1 is 0.586 bits per heavy atom. The molecule has 174 valence electrons. The Hall–Kier alpha value is -0.740. The molecule has 0 aliphatic carbocycles. The second kappa shape index (κ2) is 22.0. The molecule has 0 spiro atoms. The first-order valence-corrected chi connectivity index (χ1v) is 12.2. The van der Waals surface area contributed by atoms with Crippen LogP contribution in [0.5, 0.6) is 0 Å². The first kappa shape index (κ1) is 28.3. The first-order chi connectivity index (χ1) is 14.1. The van der Waals surface area contributed by atoms with E-state index in [4.69, 9.17) is 0 Å². The van der Waals surface area contributed by atoms with Gasteiger partial charge in [0.2, 0.25) is 0 Å². The lowest BCUT2D eigenvalue weighted by Gasteiger charge is -2.08. The summed E-state index contributed by atoms with van der Waals surface area (Å²) in [4.78, 5) is 11.1. The smallest absolute Gasteiger partial charge is 0.308 e. The molecule has 0 aliphatic rings. The molecule has 1 unspecified atom stereocenters. The number of ether oxygens (including phenoxy) is 1. The SMILES string of the molecule is CCCCCCCCCCCCCCCCCCCCCC(=O)OC(F)C(F)F. The maximum atomic E-state index is 12.5. The summed E-state index contributed by atoms with van der Waals surface area (Å²) in [7, 11) is 0. The number of rotatable bonds is 22. The summed E-state index contributed by atoms with van der Waals surface area (Å²) in [5.74, 6) is -0.871. The Kier molecular flexibility index (Phi) is 21.4. The molecule has 0 rings (SSSR count). The van der Waals surface area contributed by atoms with Gasteiger partial charge in [0.1, 0.15) is 0 Å². The fourth-order valence-electron chi connectivity index (χ4n) is 3.58. The molecule has 0 N–H and O–H groups in total. The zero-order chi connectivity index (χ0) is 21.6. The lowest BCUT2D eigenvalue weighted by Crippen LogP contribution is -2.20. The minimum Gasteiger partial charge on any atom is -0.425 e. The van der Waals surface area contributed by atoms with Gasteiger partial charge in [-0.2, -0.15) is 4.39 Å². The molecule has 0 aromatic rings. The molecular weight excluding hydrogens is 377 g/mol. The Morgan fingerprint density at radius 2 is 0.897 bits per heavy atom. The number of esters is 1. The highest BCUT2D eigenvalue weighted by molar-refractivity contribution is 5.69. The standard InChI is InChI=1S/C24H45F3O2/c1-2-3-4-5-6-7-8-9-10-11-12-13-14-15-16-17-18-19-20-21-22(28)29-24(27)23(25)26/h23-24H,2-21H2,1H3. The summed E-state index contributed by atoms with van der Waals surface area (Å²) in [5.41, 5.74) is 0. The van der Waals surface area contributed by atoms with Crippen LogP contribution >= 0.6 is 0 Å². The van der Waals surface area contributed by atoms with E-state index in [2.05, 4.69) is 11.7 Å². The van der Waals surface area contributed by atoms with E-state index >= 15 is 0 Å².